The molecule has 4 heteroatoms. The van der Waals surface area contributed by atoms with Crippen molar-refractivity contribution in [3.05, 3.63) is 12.5 Å². The first kappa shape index (κ1) is 8.07. The van der Waals surface area contributed by atoms with Crippen molar-refractivity contribution in [3.8, 4) is 0 Å². The molecule has 0 aliphatic heterocycles. The molecule has 0 aliphatic rings. The summed E-state index contributed by atoms with van der Waals surface area (Å²) in [5.74, 6) is 0.557. The summed E-state index contributed by atoms with van der Waals surface area (Å²) in [6.07, 6.45) is 3.49. The average molecular weight is 155 g/mol. The monoisotopic (exact) mass is 155 g/mol. The normalized spacial score (nSPS) is 10.3. The summed E-state index contributed by atoms with van der Waals surface area (Å²) < 4.78 is 7.06. The van der Waals surface area contributed by atoms with E-state index in [4.69, 9.17) is 10.5 Å². The standard InChI is InChI=1S/C7H13N3O/c1-2-11-4-3-10-5-7(8)9-6-10/h5-6H,2-4,8H2,1H3. The van der Waals surface area contributed by atoms with Crippen LogP contribution in [0.2, 0.25) is 0 Å². The van der Waals surface area contributed by atoms with Crippen molar-refractivity contribution in [2.45, 2.75) is 13.5 Å². The zero-order chi connectivity index (χ0) is 8.10. The number of aromatic nitrogens is 2. The molecule has 11 heavy (non-hydrogen) atoms. The minimum Gasteiger partial charge on any atom is -0.382 e. The molecule has 1 aromatic heterocycles. The van der Waals surface area contributed by atoms with Gasteiger partial charge in [0, 0.05) is 19.3 Å². The molecule has 2 N–H and O–H groups in total. The van der Waals surface area contributed by atoms with Gasteiger partial charge in [0.15, 0.2) is 0 Å². The van der Waals surface area contributed by atoms with E-state index in [0.717, 1.165) is 13.2 Å². The second-order valence-corrected chi connectivity index (χ2v) is 2.23. The smallest absolute Gasteiger partial charge is 0.141 e. The third kappa shape index (κ3) is 2.59. The van der Waals surface area contributed by atoms with Gasteiger partial charge in [0.1, 0.15) is 5.82 Å². The molecule has 0 aromatic carbocycles. The van der Waals surface area contributed by atoms with Crippen LogP contribution in [0.3, 0.4) is 0 Å². The Morgan fingerprint density at radius 1 is 1.73 bits per heavy atom. The number of anilines is 1. The Balaban J connectivity index is 2.27. The van der Waals surface area contributed by atoms with Gasteiger partial charge >= 0.3 is 0 Å². The molecule has 1 aromatic rings. The molecule has 0 atom stereocenters. The summed E-state index contributed by atoms with van der Waals surface area (Å²) in [7, 11) is 0. The van der Waals surface area contributed by atoms with Crippen molar-refractivity contribution in [3.63, 3.8) is 0 Å². The number of hydrogen-bond donors (Lipinski definition) is 1. The fourth-order valence-corrected chi connectivity index (χ4v) is 0.814. The molecule has 0 saturated carbocycles. The van der Waals surface area contributed by atoms with Crippen molar-refractivity contribution in [2.24, 2.45) is 0 Å². The van der Waals surface area contributed by atoms with Crippen LogP contribution in [0, 0.1) is 0 Å². The number of imidazole rings is 1. The van der Waals surface area contributed by atoms with Gasteiger partial charge in [-0.15, -0.1) is 0 Å². The maximum atomic E-state index is 5.41. The van der Waals surface area contributed by atoms with Gasteiger partial charge in [-0.1, -0.05) is 0 Å². The number of ether oxygens (including phenoxy) is 1. The number of nitrogen functional groups attached to an aromatic ring is 1. The third-order valence-electron chi connectivity index (χ3n) is 1.35. The highest BCUT2D eigenvalue weighted by Crippen LogP contribution is 1.95. The van der Waals surface area contributed by atoms with Crippen molar-refractivity contribution < 1.29 is 4.74 Å². The van der Waals surface area contributed by atoms with Gasteiger partial charge in [0.05, 0.1) is 12.9 Å². The Kier molecular flexibility index (Phi) is 2.92. The minimum absolute atomic E-state index is 0.557. The highest BCUT2D eigenvalue weighted by Gasteiger charge is 1.92. The zero-order valence-electron chi connectivity index (χ0n) is 6.66. The van der Waals surface area contributed by atoms with E-state index in [2.05, 4.69) is 4.98 Å². The fourth-order valence-electron chi connectivity index (χ4n) is 0.814. The van der Waals surface area contributed by atoms with E-state index in [1.807, 2.05) is 11.5 Å². The van der Waals surface area contributed by atoms with Crippen LogP contribution in [0.15, 0.2) is 12.5 Å². The summed E-state index contributed by atoms with van der Waals surface area (Å²) in [6.45, 7) is 4.26. The van der Waals surface area contributed by atoms with E-state index >= 15 is 0 Å². The second-order valence-electron chi connectivity index (χ2n) is 2.23. The lowest BCUT2D eigenvalue weighted by Gasteiger charge is -2.00. The summed E-state index contributed by atoms with van der Waals surface area (Å²) >= 11 is 0. The molecule has 0 radical (unpaired) electrons. The van der Waals surface area contributed by atoms with E-state index in [0.29, 0.717) is 12.4 Å². The summed E-state index contributed by atoms with van der Waals surface area (Å²) in [4.78, 5) is 3.88. The summed E-state index contributed by atoms with van der Waals surface area (Å²) in [6, 6.07) is 0. The molecule has 0 saturated heterocycles. The van der Waals surface area contributed by atoms with Crippen molar-refractivity contribution in [2.75, 3.05) is 18.9 Å². The Bertz CT molecular complexity index is 209. The fraction of sp³-hybridized carbons (Fsp3) is 0.571. The summed E-state index contributed by atoms with van der Waals surface area (Å²) in [5.41, 5.74) is 5.41. The van der Waals surface area contributed by atoms with Gasteiger partial charge in [-0.3, -0.25) is 0 Å². The molecule has 62 valence electrons. The van der Waals surface area contributed by atoms with Gasteiger partial charge in [0.2, 0.25) is 0 Å². The predicted octanol–water partition coefficient (Wildman–Crippen LogP) is 0.502. The Morgan fingerprint density at radius 3 is 3.09 bits per heavy atom. The van der Waals surface area contributed by atoms with E-state index in [1.54, 1.807) is 12.5 Å². The first-order valence-corrected chi connectivity index (χ1v) is 3.68. The maximum Gasteiger partial charge on any atom is 0.141 e. The minimum atomic E-state index is 0.557. The van der Waals surface area contributed by atoms with Crippen molar-refractivity contribution >= 4 is 5.82 Å². The van der Waals surface area contributed by atoms with E-state index < -0.39 is 0 Å². The second kappa shape index (κ2) is 3.98. The number of rotatable bonds is 4. The highest BCUT2D eigenvalue weighted by molar-refractivity contribution is 5.22. The molecule has 1 heterocycles. The van der Waals surface area contributed by atoms with Crippen LogP contribution >= 0.6 is 0 Å². The van der Waals surface area contributed by atoms with Crippen LogP contribution in [-0.4, -0.2) is 22.8 Å². The maximum absolute atomic E-state index is 5.41. The first-order valence-electron chi connectivity index (χ1n) is 3.68. The van der Waals surface area contributed by atoms with Crippen LogP contribution in [-0.2, 0) is 11.3 Å². The van der Waals surface area contributed by atoms with Gasteiger partial charge in [-0.2, -0.15) is 0 Å². The van der Waals surface area contributed by atoms with Crippen LogP contribution < -0.4 is 5.73 Å². The Morgan fingerprint density at radius 2 is 2.55 bits per heavy atom. The molecule has 0 unspecified atom stereocenters. The van der Waals surface area contributed by atoms with Crippen LogP contribution in [0.25, 0.3) is 0 Å². The molecule has 0 fully saturated rings. The molecular weight excluding hydrogens is 142 g/mol. The van der Waals surface area contributed by atoms with Crippen molar-refractivity contribution in [1.29, 1.82) is 0 Å². The third-order valence-corrected chi connectivity index (χ3v) is 1.35. The zero-order valence-corrected chi connectivity index (χ0v) is 6.66. The molecule has 4 nitrogen and oxygen atoms in total. The quantitative estimate of drug-likeness (QED) is 0.644. The lowest BCUT2D eigenvalue weighted by molar-refractivity contribution is 0.139. The molecule has 0 bridgehead atoms. The van der Waals surface area contributed by atoms with Gasteiger partial charge in [-0.25, -0.2) is 4.98 Å². The number of nitrogens with two attached hydrogens (primary N) is 1. The predicted molar refractivity (Wildman–Crippen MR) is 43.1 cm³/mol. The van der Waals surface area contributed by atoms with Gasteiger partial charge < -0.3 is 15.0 Å². The molecular formula is C7H13N3O. The molecule has 0 aliphatic carbocycles. The lowest BCUT2D eigenvalue weighted by atomic mass is 10.6. The average Bonchev–Trinajstić information content (AvgIpc) is 2.37. The SMILES string of the molecule is CCOCCn1cnc(N)c1. The van der Waals surface area contributed by atoms with E-state index in [1.165, 1.54) is 0 Å². The Labute approximate surface area is 66.0 Å². The van der Waals surface area contributed by atoms with E-state index in [9.17, 15) is 0 Å². The van der Waals surface area contributed by atoms with Gasteiger partial charge in [-0.05, 0) is 6.92 Å². The Hall–Kier alpha value is -1.03. The largest absolute Gasteiger partial charge is 0.382 e. The van der Waals surface area contributed by atoms with Crippen LogP contribution in [0.4, 0.5) is 5.82 Å². The van der Waals surface area contributed by atoms with Crippen LogP contribution in [0.5, 0.6) is 0 Å². The van der Waals surface area contributed by atoms with Crippen molar-refractivity contribution in [1.82, 2.24) is 9.55 Å². The number of hydrogen-bond acceptors (Lipinski definition) is 3. The van der Waals surface area contributed by atoms with Crippen LogP contribution in [0.1, 0.15) is 6.92 Å². The first-order chi connectivity index (χ1) is 5.33. The topological polar surface area (TPSA) is 53.1 Å². The molecule has 0 spiro atoms. The molecule has 0 amide bonds. The van der Waals surface area contributed by atoms with E-state index in [-0.39, 0.29) is 0 Å². The van der Waals surface area contributed by atoms with Gasteiger partial charge in [0.25, 0.3) is 0 Å². The number of nitrogens with zero attached hydrogens (tertiary/aromatic N) is 2. The lowest BCUT2D eigenvalue weighted by Crippen LogP contribution is -2.03. The highest BCUT2D eigenvalue weighted by atomic mass is 16.5. The molecule has 1 rings (SSSR count). The summed E-state index contributed by atoms with van der Waals surface area (Å²) in [5, 5.41) is 0.